The topological polar surface area (TPSA) is 58.6 Å². The first-order valence-electron chi connectivity index (χ1n) is 11.6. The molecule has 35 heavy (non-hydrogen) atoms. The second-order valence-corrected chi connectivity index (χ2v) is 8.76. The number of ether oxygens (including phenoxy) is 1. The Morgan fingerprint density at radius 1 is 1.00 bits per heavy atom. The molecule has 0 aliphatic carbocycles. The first-order chi connectivity index (χ1) is 16.9. The lowest BCUT2D eigenvalue weighted by atomic mass is 10.0. The lowest BCUT2D eigenvalue weighted by Crippen LogP contribution is -2.53. The smallest absolute Gasteiger partial charge is 0.261 e. The highest BCUT2D eigenvalue weighted by Crippen LogP contribution is 2.21. The first-order valence-corrected chi connectivity index (χ1v) is 12.0. The minimum absolute atomic E-state index is 0.0257. The molecule has 0 radical (unpaired) electrons. The van der Waals surface area contributed by atoms with Gasteiger partial charge >= 0.3 is 0 Å². The summed E-state index contributed by atoms with van der Waals surface area (Å²) >= 11 is 6.40. The SMILES string of the molecule is CC[C@@H](C)NC(=O)[C@@H](Cc1ccccc1)N(Cc1ccccc1Cl)C(=O)COc1ccccc1F. The van der Waals surface area contributed by atoms with Crippen molar-refractivity contribution in [3.8, 4) is 5.75 Å². The number of hydrogen-bond donors (Lipinski definition) is 1. The molecule has 3 rings (SSSR count). The van der Waals surface area contributed by atoms with Crippen LogP contribution in [0.5, 0.6) is 5.75 Å². The quantitative estimate of drug-likeness (QED) is 0.386. The largest absolute Gasteiger partial charge is 0.481 e. The molecule has 0 saturated carbocycles. The summed E-state index contributed by atoms with van der Waals surface area (Å²) in [6.07, 6.45) is 1.05. The van der Waals surface area contributed by atoms with E-state index in [9.17, 15) is 14.0 Å². The Kier molecular flexibility index (Phi) is 9.67. The number of carbonyl (C=O) groups is 2. The lowest BCUT2D eigenvalue weighted by molar-refractivity contribution is -0.143. The maximum Gasteiger partial charge on any atom is 0.261 e. The van der Waals surface area contributed by atoms with Crippen LogP contribution in [0.2, 0.25) is 5.02 Å². The predicted octanol–water partition coefficient (Wildman–Crippen LogP) is 5.41. The van der Waals surface area contributed by atoms with E-state index in [-0.39, 0.29) is 24.2 Å². The van der Waals surface area contributed by atoms with Gasteiger partial charge in [-0.15, -0.1) is 0 Å². The van der Waals surface area contributed by atoms with Crippen LogP contribution in [0.1, 0.15) is 31.4 Å². The van der Waals surface area contributed by atoms with Crippen molar-refractivity contribution in [2.45, 2.75) is 45.3 Å². The van der Waals surface area contributed by atoms with E-state index in [2.05, 4.69) is 5.32 Å². The average Bonchev–Trinajstić information content (AvgIpc) is 2.87. The Labute approximate surface area is 210 Å². The average molecular weight is 497 g/mol. The van der Waals surface area contributed by atoms with E-state index in [0.29, 0.717) is 17.0 Å². The molecule has 0 fully saturated rings. The summed E-state index contributed by atoms with van der Waals surface area (Å²) < 4.78 is 19.6. The molecule has 184 valence electrons. The van der Waals surface area contributed by atoms with Crippen molar-refractivity contribution in [3.63, 3.8) is 0 Å². The number of nitrogens with zero attached hydrogens (tertiary/aromatic N) is 1. The van der Waals surface area contributed by atoms with Crippen LogP contribution < -0.4 is 10.1 Å². The Morgan fingerprint density at radius 2 is 1.66 bits per heavy atom. The van der Waals surface area contributed by atoms with Crippen molar-refractivity contribution < 1.29 is 18.7 Å². The van der Waals surface area contributed by atoms with E-state index in [4.69, 9.17) is 16.3 Å². The van der Waals surface area contributed by atoms with Gasteiger partial charge in [-0.25, -0.2) is 4.39 Å². The van der Waals surface area contributed by atoms with Gasteiger partial charge in [0.15, 0.2) is 18.2 Å². The summed E-state index contributed by atoms with van der Waals surface area (Å²) in [6, 6.07) is 21.7. The normalized spacial score (nSPS) is 12.5. The summed E-state index contributed by atoms with van der Waals surface area (Å²) in [5.74, 6) is -1.31. The van der Waals surface area contributed by atoms with E-state index in [1.54, 1.807) is 24.3 Å². The molecular formula is C28H30ClFN2O3. The number of amides is 2. The van der Waals surface area contributed by atoms with Crippen molar-refractivity contribution in [1.29, 1.82) is 0 Å². The van der Waals surface area contributed by atoms with Gasteiger partial charge in [-0.1, -0.05) is 79.2 Å². The van der Waals surface area contributed by atoms with E-state index in [1.165, 1.54) is 17.0 Å². The van der Waals surface area contributed by atoms with Gasteiger partial charge in [0, 0.05) is 24.0 Å². The maximum absolute atomic E-state index is 14.1. The highest BCUT2D eigenvalue weighted by molar-refractivity contribution is 6.31. The summed E-state index contributed by atoms with van der Waals surface area (Å²) in [5, 5.41) is 3.49. The predicted molar refractivity (Wildman–Crippen MR) is 136 cm³/mol. The number of hydrogen-bond acceptors (Lipinski definition) is 3. The third-order valence-corrected chi connectivity index (χ3v) is 6.13. The van der Waals surface area contributed by atoms with Crippen LogP contribution in [0, 0.1) is 5.82 Å². The molecule has 0 aliphatic heterocycles. The Hall–Kier alpha value is -3.38. The number of halogens is 2. The number of carbonyl (C=O) groups excluding carboxylic acids is 2. The maximum atomic E-state index is 14.1. The number of rotatable bonds is 11. The highest BCUT2D eigenvalue weighted by Gasteiger charge is 2.31. The molecule has 3 aromatic rings. The van der Waals surface area contributed by atoms with Crippen LogP contribution in [0.25, 0.3) is 0 Å². The van der Waals surface area contributed by atoms with Crippen LogP contribution in [0.3, 0.4) is 0 Å². The minimum Gasteiger partial charge on any atom is -0.481 e. The zero-order valence-electron chi connectivity index (χ0n) is 19.9. The molecule has 0 unspecified atom stereocenters. The molecule has 0 aliphatic rings. The molecule has 0 bridgehead atoms. The summed E-state index contributed by atoms with van der Waals surface area (Å²) in [5.41, 5.74) is 1.60. The zero-order chi connectivity index (χ0) is 25.2. The van der Waals surface area contributed by atoms with E-state index < -0.39 is 24.4 Å². The second-order valence-electron chi connectivity index (χ2n) is 8.36. The molecule has 3 aromatic carbocycles. The molecule has 0 aromatic heterocycles. The summed E-state index contributed by atoms with van der Waals surface area (Å²) in [7, 11) is 0. The third kappa shape index (κ3) is 7.55. The minimum atomic E-state index is -0.820. The van der Waals surface area contributed by atoms with Crippen LogP contribution in [-0.4, -0.2) is 35.4 Å². The molecule has 0 saturated heterocycles. The van der Waals surface area contributed by atoms with Gasteiger partial charge in [0.1, 0.15) is 6.04 Å². The third-order valence-electron chi connectivity index (χ3n) is 5.76. The molecule has 7 heteroatoms. The van der Waals surface area contributed by atoms with Crippen molar-refractivity contribution in [2.24, 2.45) is 0 Å². The van der Waals surface area contributed by atoms with Crippen LogP contribution >= 0.6 is 11.6 Å². The van der Waals surface area contributed by atoms with Crippen molar-refractivity contribution in [2.75, 3.05) is 6.61 Å². The van der Waals surface area contributed by atoms with Gasteiger partial charge in [-0.05, 0) is 42.7 Å². The molecule has 1 N–H and O–H groups in total. The Morgan fingerprint density at radius 3 is 2.34 bits per heavy atom. The molecule has 2 amide bonds. The zero-order valence-corrected chi connectivity index (χ0v) is 20.7. The van der Waals surface area contributed by atoms with Gasteiger partial charge in [-0.3, -0.25) is 9.59 Å². The lowest BCUT2D eigenvalue weighted by Gasteiger charge is -2.32. The van der Waals surface area contributed by atoms with Crippen molar-refractivity contribution >= 4 is 23.4 Å². The van der Waals surface area contributed by atoms with E-state index in [1.807, 2.05) is 56.3 Å². The molecular weight excluding hydrogens is 467 g/mol. The fourth-order valence-corrected chi connectivity index (χ4v) is 3.78. The molecule has 2 atom stereocenters. The molecule has 0 heterocycles. The Balaban J connectivity index is 1.93. The van der Waals surface area contributed by atoms with Crippen LogP contribution in [0.15, 0.2) is 78.9 Å². The number of benzene rings is 3. The standard InChI is InChI=1S/C28H30ClFN2O3/c1-3-20(2)31-28(34)25(17-21-11-5-4-6-12-21)32(18-22-13-7-8-14-23(22)29)27(33)19-35-26-16-10-9-15-24(26)30/h4-16,20,25H,3,17-19H2,1-2H3,(H,31,34)/t20-,25-/m1/s1. The van der Waals surface area contributed by atoms with Gasteiger partial charge in [-0.2, -0.15) is 0 Å². The van der Waals surface area contributed by atoms with Gasteiger partial charge < -0.3 is 15.0 Å². The monoisotopic (exact) mass is 496 g/mol. The summed E-state index contributed by atoms with van der Waals surface area (Å²) in [4.78, 5) is 28.4. The first kappa shape index (κ1) is 26.2. The summed E-state index contributed by atoms with van der Waals surface area (Å²) in [6.45, 7) is 3.57. The van der Waals surface area contributed by atoms with Crippen LogP contribution in [0.4, 0.5) is 4.39 Å². The number of nitrogens with one attached hydrogen (secondary N) is 1. The fourth-order valence-electron chi connectivity index (χ4n) is 3.59. The van der Waals surface area contributed by atoms with Gasteiger partial charge in [0.2, 0.25) is 5.91 Å². The van der Waals surface area contributed by atoms with Gasteiger partial charge in [0.05, 0.1) is 0 Å². The second kappa shape index (κ2) is 12.9. The molecule has 0 spiro atoms. The Bertz CT molecular complexity index is 1130. The van der Waals surface area contributed by atoms with Crippen LogP contribution in [-0.2, 0) is 22.6 Å². The van der Waals surface area contributed by atoms with Gasteiger partial charge in [0.25, 0.3) is 5.91 Å². The van der Waals surface area contributed by atoms with Crippen molar-refractivity contribution in [3.05, 3.63) is 101 Å². The van der Waals surface area contributed by atoms with E-state index in [0.717, 1.165) is 12.0 Å². The highest BCUT2D eigenvalue weighted by atomic mass is 35.5. The number of para-hydroxylation sites is 1. The molecule has 5 nitrogen and oxygen atoms in total. The fraction of sp³-hybridized carbons (Fsp3) is 0.286. The van der Waals surface area contributed by atoms with Crippen molar-refractivity contribution in [1.82, 2.24) is 10.2 Å². The van der Waals surface area contributed by atoms with E-state index >= 15 is 0 Å².